The Morgan fingerprint density at radius 1 is 1.40 bits per heavy atom. The molecule has 0 aliphatic rings. The number of nitrogens with one attached hydrogen (secondary N) is 1. The van der Waals surface area contributed by atoms with E-state index in [1.165, 1.54) is 0 Å². The van der Waals surface area contributed by atoms with Crippen LogP contribution in [0.3, 0.4) is 0 Å². The van der Waals surface area contributed by atoms with Gasteiger partial charge in [-0.2, -0.15) is 0 Å². The third kappa shape index (κ3) is 3.14. The minimum absolute atomic E-state index is 0.344. The van der Waals surface area contributed by atoms with Gasteiger partial charge >= 0.3 is 0 Å². The van der Waals surface area contributed by atoms with Gasteiger partial charge in [0.2, 0.25) is 0 Å². The Hall–Kier alpha value is -1.52. The van der Waals surface area contributed by atoms with Crippen molar-refractivity contribution in [1.29, 1.82) is 0 Å². The summed E-state index contributed by atoms with van der Waals surface area (Å²) in [5.74, 6) is 1.02. The summed E-state index contributed by atoms with van der Waals surface area (Å²) < 4.78 is 6.49. The predicted molar refractivity (Wildman–Crippen MR) is 84.7 cm³/mol. The second kappa shape index (κ2) is 5.85. The second-order valence-corrected chi connectivity index (χ2v) is 6.26. The highest BCUT2D eigenvalue weighted by Crippen LogP contribution is 2.28. The van der Waals surface area contributed by atoms with Crippen LogP contribution in [0, 0.1) is 0 Å². The topological polar surface area (TPSA) is 38.1 Å². The number of aryl methyl sites for hydroxylation is 1. The zero-order chi connectivity index (χ0) is 13.9. The van der Waals surface area contributed by atoms with E-state index in [-0.39, 0.29) is 0 Å². The Morgan fingerprint density at radius 3 is 3.10 bits per heavy atom. The van der Waals surface area contributed by atoms with Crippen LogP contribution in [0.25, 0.3) is 10.2 Å². The highest BCUT2D eigenvalue weighted by Gasteiger charge is 2.08. The molecule has 0 bridgehead atoms. The van der Waals surface area contributed by atoms with E-state index in [1.54, 1.807) is 17.6 Å². The lowest BCUT2D eigenvalue weighted by atomic mass is 10.1. The van der Waals surface area contributed by atoms with Gasteiger partial charge in [0.15, 0.2) is 5.13 Å². The molecule has 1 atom stereocenters. The molecule has 2 heterocycles. The molecule has 0 radical (unpaired) electrons. The van der Waals surface area contributed by atoms with E-state index >= 15 is 0 Å². The number of anilines is 1. The number of rotatable bonds is 5. The Kier molecular flexibility index (Phi) is 3.94. The molecule has 0 amide bonds. The van der Waals surface area contributed by atoms with E-state index in [0.29, 0.717) is 6.04 Å². The summed E-state index contributed by atoms with van der Waals surface area (Å²) in [7, 11) is 0. The molecular weight excluding hydrogens is 292 g/mol. The van der Waals surface area contributed by atoms with Gasteiger partial charge in [-0.05, 0) is 43.7 Å². The first kappa shape index (κ1) is 13.5. The number of benzene rings is 1. The highest BCUT2D eigenvalue weighted by molar-refractivity contribution is 7.22. The summed E-state index contributed by atoms with van der Waals surface area (Å²) in [5.41, 5.74) is 0.947. The standard InChI is InChI=1S/C15H15ClN2OS/c1-10(4-6-12-3-2-8-19-12)17-15-18-13-9-11(16)5-7-14(13)20-15/h2-3,5,7-10H,4,6H2,1H3,(H,17,18). The number of nitrogens with zero attached hydrogens (tertiary/aromatic N) is 1. The van der Waals surface area contributed by atoms with E-state index in [2.05, 4.69) is 17.2 Å². The van der Waals surface area contributed by atoms with Gasteiger partial charge in [-0.25, -0.2) is 4.98 Å². The molecule has 0 fully saturated rings. The Labute approximate surface area is 126 Å². The molecule has 0 spiro atoms. The molecule has 3 rings (SSSR count). The number of thiazole rings is 1. The lowest BCUT2D eigenvalue weighted by Crippen LogP contribution is -2.15. The van der Waals surface area contributed by atoms with Gasteiger partial charge in [0.1, 0.15) is 5.76 Å². The third-order valence-electron chi connectivity index (χ3n) is 3.12. The zero-order valence-corrected chi connectivity index (χ0v) is 12.7. The Balaban J connectivity index is 1.63. The fraction of sp³-hybridized carbons (Fsp3) is 0.267. The van der Waals surface area contributed by atoms with Crippen LogP contribution in [0.5, 0.6) is 0 Å². The maximum absolute atomic E-state index is 5.97. The minimum Gasteiger partial charge on any atom is -0.469 e. The third-order valence-corrected chi connectivity index (χ3v) is 4.33. The van der Waals surface area contributed by atoms with Gasteiger partial charge < -0.3 is 9.73 Å². The van der Waals surface area contributed by atoms with Gasteiger partial charge in [-0.1, -0.05) is 22.9 Å². The SMILES string of the molecule is CC(CCc1ccco1)Nc1nc2cc(Cl)ccc2s1. The van der Waals surface area contributed by atoms with E-state index < -0.39 is 0 Å². The average Bonchev–Trinajstić information content (AvgIpc) is 3.04. The fourth-order valence-corrected chi connectivity index (χ4v) is 3.18. The van der Waals surface area contributed by atoms with E-state index in [0.717, 1.165) is 39.0 Å². The molecule has 1 N–H and O–H groups in total. The smallest absolute Gasteiger partial charge is 0.183 e. The van der Waals surface area contributed by atoms with Crippen LogP contribution in [0.4, 0.5) is 5.13 Å². The van der Waals surface area contributed by atoms with Crippen LogP contribution >= 0.6 is 22.9 Å². The maximum Gasteiger partial charge on any atom is 0.183 e. The number of hydrogen-bond donors (Lipinski definition) is 1. The maximum atomic E-state index is 5.97. The van der Waals surface area contributed by atoms with E-state index in [4.69, 9.17) is 16.0 Å². The van der Waals surface area contributed by atoms with Crippen molar-refractivity contribution in [2.45, 2.75) is 25.8 Å². The highest BCUT2D eigenvalue weighted by atomic mass is 35.5. The summed E-state index contributed by atoms with van der Waals surface area (Å²) in [4.78, 5) is 4.56. The zero-order valence-electron chi connectivity index (χ0n) is 11.1. The first-order chi connectivity index (χ1) is 9.70. The Bertz CT molecular complexity index is 693. The summed E-state index contributed by atoms with van der Waals surface area (Å²) >= 11 is 7.63. The van der Waals surface area contributed by atoms with Crippen LogP contribution in [0.15, 0.2) is 41.0 Å². The first-order valence-corrected chi connectivity index (χ1v) is 7.75. The normalized spacial score (nSPS) is 12.7. The molecule has 104 valence electrons. The van der Waals surface area contributed by atoms with Crippen LogP contribution in [0.1, 0.15) is 19.1 Å². The molecule has 20 heavy (non-hydrogen) atoms. The van der Waals surface area contributed by atoms with Gasteiger partial charge in [-0.3, -0.25) is 0 Å². The summed E-state index contributed by atoms with van der Waals surface area (Å²) in [6.45, 7) is 2.15. The summed E-state index contributed by atoms with van der Waals surface area (Å²) in [6, 6.07) is 10.1. The molecule has 3 nitrogen and oxygen atoms in total. The van der Waals surface area contributed by atoms with Gasteiger partial charge in [-0.15, -0.1) is 0 Å². The monoisotopic (exact) mass is 306 g/mol. The van der Waals surface area contributed by atoms with Crippen molar-refractivity contribution in [2.75, 3.05) is 5.32 Å². The first-order valence-electron chi connectivity index (χ1n) is 6.56. The van der Waals surface area contributed by atoms with Gasteiger partial charge in [0.05, 0.1) is 16.5 Å². The molecule has 0 saturated heterocycles. The van der Waals surface area contributed by atoms with Gasteiger partial charge in [0.25, 0.3) is 0 Å². The van der Waals surface area contributed by atoms with Crippen molar-refractivity contribution >= 4 is 38.3 Å². The van der Waals surface area contributed by atoms with E-state index in [9.17, 15) is 0 Å². The molecule has 5 heteroatoms. The second-order valence-electron chi connectivity index (χ2n) is 4.79. The predicted octanol–water partition coefficient (Wildman–Crippen LogP) is 4.98. The minimum atomic E-state index is 0.344. The lowest BCUT2D eigenvalue weighted by molar-refractivity contribution is 0.495. The lowest BCUT2D eigenvalue weighted by Gasteiger charge is -2.11. The van der Waals surface area contributed by atoms with Crippen LogP contribution in [0.2, 0.25) is 5.02 Å². The number of fused-ring (bicyclic) bond motifs is 1. The molecule has 1 aromatic carbocycles. The van der Waals surface area contributed by atoms with Crippen molar-refractivity contribution in [3.63, 3.8) is 0 Å². The quantitative estimate of drug-likeness (QED) is 0.722. The van der Waals surface area contributed by atoms with Crippen LogP contribution < -0.4 is 5.32 Å². The molecule has 0 aliphatic heterocycles. The molecule has 1 unspecified atom stereocenters. The number of furan rings is 1. The molecule has 0 saturated carbocycles. The fourth-order valence-electron chi connectivity index (χ4n) is 2.06. The number of aromatic nitrogens is 1. The van der Waals surface area contributed by atoms with Crippen LogP contribution in [-0.4, -0.2) is 11.0 Å². The summed E-state index contributed by atoms with van der Waals surface area (Å²) in [6.07, 6.45) is 3.65. The largest absolute Gasteiger partial charge is 0.469 e. The molecule has 3 aromatic rings. The van der Waals surface area contributed by atoms with Crippen molar-refractivity contribution in [1.82, 2.24) is 4.98 Å². The Morgan fingerprint density at radius 2 is 2.30 bits per heavy atom. The number of halogens is 1. The van der Waals surface area contributed by atoms with Crippen molar-refractivity contribution < 1.29 is 4.42 Å². The van der Waals surface area contributed by atoms with Crippen molar-refractivity contribution in [3.05, 3.63) is 47.4 Å². The summed E-state index contributed by atoms with van der Waals surface area (Å²) in [5, 5.41) is 5.10. The molecule has 2 aromatic heterocycles. The van der Waals surface area contributed by atoms with Gasteiger partial charge in [0, 0.05) is 17.5 Å². The van der Waals surface area contributed by atoms with Crippen molar-refractivity contribution in [2.24, 2.45) is 0 Å². The van der Waals surface area contributed by atoms with Crippen molar-refractivity contribution in [3.8, 4) is 0 Å². The number of hydrogen-bond acceptors (Lipinski definition) is 4. The van der Waals surface area contributed by atoms with E-state index in [1.807, 2.05) is 30.3 Å². The molecular formula is C15H15ClN2OS. The average molecular weight is 307 g/mol. The molecule has 0 aliphatic carbocycles. The van der Waals surface area contributed by atoms with Crippen LogP contribution in [-0.2, 0) is 6.42 Å².